The topological polar surface area (TPSA) is 23.8 Å². The molecule has 0 radical (unpaired) electrons. The molecule has 0 aromatic heterocycles. The molecule has 0 saturated heterocycles. The second-order valence-electron chi connectivity index (χ2n) is 3.82. The molecular formula is C14H7F4N. The number of hydrogen-bond donors (Lipinski definition) is 0. The van der Waals surface area contributed by atoms with Crippen molar-refractivity contribution in [3.8, 4) is 17.2 Å². The van der Waals surface area contributed by atoms with Gasteiger partial charge in [-0.3, -0.25) is 0 Å². The number of halogens is 4. The quantitative estimate of drug-likeness (QED) is 0.702. The Morgan fingerprint density at radius 2 is 1.53 bits per heavy atom. The molecule has 0 N–H and O–H groups in total. The molecule has 0 heterocycles. The molecule has 0 amide bonds. The van der Waals surface area contributed by atoms with Crippen LogP contribution in [0.15, 0.2) is 42.5 Å². The van der Waals surface area contributed by atoms with E-state index in [9.17, 15) is 17.6 Å². The second kappa shape index (κ2) is 4.73. The molecular weight excluding hydrogens is 258 g/mol. The molecule has 96 valence electrons. The van der Waals surface area contributed by atoms with Gasteiger partial charge in [0.25, 0.3) is 0 Å². The standard InChI is InChI=1S/C14H7F4N/c15-13-9(8-19)4-3-6-11(13)10-5-1-2-7-12(10)14(16,17)18/h1-7H. The Hall–Kier alpha value is -2.35. The first-order valence-electron chi connectivity index (χ1n) is 5.30. The van der Waals surface area contributed by atoms with Crippen molar-refractivity contribution < 1.29 is 17.6 Å². The first-order valence-corrected chi connectivity index (χ1v) is 5.30. The molecule has 0 atom stereocenters. The van der Waals surface area contributed by atoms with E-state index in [0.29, 0.717) is 0 Å². The normalized spacial score (nSPS) is 11.1. The van der Waals surface area contributed by atoms with Crippen molar-refractivity contribution in [2.45, 2.75) is 6.18 Å². The second-order valence-corrected chi connectivity index (χ2v) is 3.82. The van der Waals surface area contributed by atoms with Gasteiger partial charge in [0.05, 0.1) is 11.1 Å². The zero-order valence-electron chi connectivity index (χ0n) is 9.50. The SMILES string of the molecule is N#Cc1cccc(-c2ccccc2C(F)(F)F)c1F. The van der Waals surface area contributed by atoms with Gasteiger partial charge < -0.3 is 0 Å². The number of nitriles is 1. The van der Waals surface area contributed by atoms with E-state index >= 15 is 0 Å². The van der Waals surface area contributed by atoms with Gasteiger partial charge in [-0.2, -0.15) is 18.4 Å². The van der Waals surface area contributed by atoms with E-state index in [-0.39, 0.29) is 16.7 Å². The minimum atomic E-state index is -4.58. The molecule has 2 rings (SSSR count). The summed E-state index contributed by atoms with van der Waals surface area (Å²) in [7, 11) is 0. The summed E-state index contributed by atoms with van der Waals surface area (Å²) in [5, 5.41) is 8.71. The third kappa shape index (κ3) is 2.43. The molecule has 0 aliphatic heterocycles. The lowest BCUT2D eigenvalue weighted by molar-refractivity contribution is -0.137. The summed E-state index contributed by atoms with van der Waals surface area (Å²) in [6.45, 7) is 0. The fourth-order valence-electron chi connectivity index (χ4n) is 1.79. The Balaban J connectivity index is 2.71. The van der Waals surface area contributed by atoms with Crippen molar-refractivity contribution in [2.24, 2.45) is 0 Å². The highest BCUT2D eigenvalue weighted by molar-refractivity contribution is 5.70. The van der Waals surface area contributed by atoms with E-state index in [2.05, 4.69) is 0 Å². The van der Waals surface area contributed by atoms with Crippen LogP contribution in [-0.2, 0) is 6.18 Å². The Morgan fingerprint density at radius 1 is 0.895 bits per heavy atom. The summed E-state index contributed by atoms with van der Waals surface area (Å²) in [5.74, 6) is -0.943. The monoisotopic (exact) mass is 265 g/mol. The summed E-state index contributed by atoms with van der Waals surface area (Å²) in [6.07, 6.45) is -4.58. The maximum atomic E-state index is 13.9. The fourth-order valence-corrected chi connectivity index (χ4v) is 1.79. The maximum absolute atomic E-state index is 13.9. The molecule has 5 heteroatoms. The van der Waals surface area contributed by atoms with Crippen LogP contribution in [0.4, 0.5) is 17.6 Å². The fraction of sp³-hybridized carbons (Fsp3) is 0.0714. The molecule has 0 unspecified atom stereocenters. The Labute approximate surface area is 106 Å². The van der Waals surface area contributed by atoms with Crippen LogP contribution in [0.2, 0.25) is 0 Å². The molecule has 19 heavy (non-hydrogen) atoms. The Bertz CT molecular complexity index is 653. The van der Waals surface area contributed by atoms with Crippen molar-refractivity contribution in [1.29, 1.82) is 5.26 Å². The molecule has 2 aromatic rings. The van der Waals surface area contributed by atoms with Gasteiger partial charge in [0, 0.05) is 5.56 Å². The lowest BCUT2D eigenvalue weighted by atomic mass is 9.97. The van der Waals surface area contributed by atoms with Crippen LogP contribution in [-0.4, -0.2) is 0 Å². The average Bonchev–Trinajstić information content (AvgIpc) is 2.38. The number of benzene rings is 2. The lowest BCUT2D eigenvalue weighted by Crippen LogP contribution is -2.07. The largest absolute Gasteiger partial charge is 0.417 e. The van der Waals surface area contributed by atoms with E-state index in [1.54, 1.807) is 6.07 Å². The van der Waals surface area contributed by atoms with Gasteiger partial charge in [-0.25, -0.2) is 4.39 Å². The van der Waals surface area contributed by atoms with Crippen LogP contribution >= 0.6 is 0 Å². The van der Waals surface area contributed by atoms with Gasteiger partial charge in [0.15, 0.2) is 0 Å². The summed E-state index contributed by atoms with van der Waals surface area (Å²) in [6, 6.07) is 10.1. The van der Waals surface area contributed by atoms with Crippen LogP contribution in [0.1, 0.15) is 11.1 Å². The molecule has 2 aromatic carbocycles. The number of hydrogen-bond acceptors (Lipinski definition) is 1. The van der Waals surface area contributed by atoms with Crippen molar-refractivity contribution in [3.63, 3.8) is 0 Å². The van der Waals surface area contributed by atoms with Gasteiger partial charge in [-0.05, 0) is 17.7 Å². The third-order valence-corrected chi connectivity index (χ3v) is 2.64. The van der Waals surface area contributed by atoms with Crippen LogP contribution in [0.5, 0.6) is 0 Å². The van der Waals surface area contributed by atoms with Gasteiger partial charge >= 0.3 is 6.18 Å². The van der Waals surface area contributed by atoms with Gasteiger partial charge in [0.1, 0.15) is 11.9 Å². The van der Waals surface area contributed by atoms with Crippen molar-refractivity contribution in [1.82, 2.24) is 0 Å². The van der Waals surface area contributed by atoms with E-state index in [4.69, 9.17) is 5.26 Å². The predicted octanol–water partition coefficient (Wildman–Crippen LogP) is 4.38. The van der Waals surface area contributed by atoms with Crippen LogP contribution in [0, 0.1) is 17.1 Å². The first-order chi connectivity index (χ1) is 8.95. The highest BCUT2D eigenvalue weighted by Crippen LogP contribution is 2.38. The van der Waals surface area contributed by atoms with Gasteiger partial charge in [-0.1, -0.05) is 30.3 Å². The number of rotatable bonds is 1. The van der Waals surface area contributed by atoms with Crippen molar-refractivity contribution in [3.05, 3.63) is 59.4 Å². The van der Waals surface area contributed by atoms with Crippen LogP contribution < -0.4 is 0 Å². The molecule has 0 saturated carbocycles. The van der Waals surface area contributed by atoms with Crippen LogP contribution in [0.25, 0.3) is 11.1 Å². The molecule has 0 spiro atoms. The van der Waals surface area contributed by atoms with Crippen molar-refractivity contribution >= 4 is 0 Å². The number of nitrogens with zero attached hydrogens (tertiary/aromatic N) is 1. The molecule has 1 nitrogen and oxygen atoms in total. The zero-order chi connectivity index (χ0) is 14.0. The van der Waals surface area contributed by atoms with Crippen LogP contribution in [0.3, 0.4) is 0 Å². The Kier molecular flexibility index (Phi) is 3.26. The maximum Gasteiger partial charge on any atom is 0.417 e. The van der Waals surface area contributed by atoms with E-state index < -0.39 is 17.6 Å². The minimum Gasteiger partial charge on any atom is -0.205 e. The molecule has 0 fully saturated rings. The summed E-state index contributed by atoms with van der Waals surface area (Å²) < 4.78 is 52.5. The zero-order valence-corrected chi connectivity index (χ0v) is 9.50. The number of alkyl halides is 3. The molecule has 0 aliphatic carbocycles. The predicted molar refractivity (Wildman–Crippen MR) is 61.6 cm³/mol. The first kappa shape index (κ1) is 13.1. The van der Waals surface area contributed by atoms with E-state index in [1.165, 1.54) is 36.4 Å². The summed E-state index contributed by atoms with van der Waals surface area (Å²) in [4.78, 5) is 0. The highest BCUT2D eigenvalue weighted by Gasteiger charge is 2.33. The lowest BCUT2D eigenvalue weighted by Gasteiger charge is -2.13. The summed E-state index contributed by atoms with van der Waals surface area (Å²) in [5.41, 5.74) is -1.71. The molecule has 0 bridgehead atoms. The summed E-state index contributed by atoms with van der Waals surface area (Å²) >= 11 is 0. The highest BCUT2D eigenvalue weighted by atomic mass is 19.4. The van der Waals surface area contributed by atoms with Gasteiger partial charge in [0.2, 0.25) is 0 Å². The Morgan fingerprint density at radius 3 is 2.16 bits per heavy atom. The van der Waals surface area contributed by atoms with Crippen molar-refractivity contribution in [2.75, 3.05) is 0 Å². The van der Waals surface area contributed by atoms with Gasteiger partial charge in [-0.15, -0.1) is 0 Å². The average molecular weight is 265 g/mol. The smallest absolute Gasteiger partial charge is 0.205 e. The molecule has 0 aliphatic rings. The van der Waals surface area contributed by atoms with E-state index in [0.717, 1.165) is 6.07 Å². The van der Waals surface area contributed by atoms with E-state index in [1.807, 2.05) is 0 Å². The third-order valence-electron chi connectivity index (χ3n) is 2.64. The minimum absolute atomic E-state index is 0.230.